The minimum absolute atomic E-state index is 0.411. The molecule has 8 heavy (non-hydrogen) atoms. The van der Waals surface area contributed by atoms with Gasteiger partial charge in [-0.2, -0.15) is 10.2 Å². The average molecular weight is 131 g/mol. The van der Waals surface area contributed by atoms with Gasteiger partial charge in [0.15, 0.2) is 0 Å². The number of hydrogen-bond acceptors (Lipinski definition) is 1. The summed E-state index contributed by atoms with van der Waals surface area (Å²) in [7, 11) is -0.411. The second-order valence-corrected chi connectivity index (χ2v) is 6.51. The molecule has 2 N–H and O–H groups in total. The standard InChI is InChI=1S/C6H13NS/c7-8(3-4-8)5-6-1-2-6/h6H,1-5,7H2. The molecule has 0 radical (unpaired) electrons. The van der Waals surface area contributed by atoms with Gasteiger partial charge < -0.3 is 0 Å². The van der Waals surface area contributed by atoms with Crippen molar-refractivity contribution in [1.82, 2.24) is 0 Å². The van der Waals surface area contributed by atoms with Gasteiger partial charge in [-0.05, 0) is 36.0 Å². The normalized spacial score (nSPS) is 36.6. The summed E-state index contributed by atoms with van der Waals surface area (Å²) in [5.74, 6) is 5.23. The fraction of sp³-hybridized carbons (Fsp3) is 1.00. The van der Waals surface area contributed by atoms with Gasteiger partial charge in [-0.1, -0.05) is 0 Å². The van der Waals surface area contributed by atoms with Crippen molar-refractivity contribution < 1.29 is 0 Å². The van der Waals surface area contributed by atoms with Gasteiger partial charge >= 0.3 is 0 Å². The summed E-state index contributed by atoms with van der Waals surface area (Å²) in [5, 5.41) is 5.97. The van der Waals surface area contributed by atoms with Crippen molar-refractivity contribution in [2.75, 3.05) is 17.3 Å². The maximum atomic E-state index is 5.97. The first kappa shape index (κ1) is 5.12. The van der Waals surface area contributed by atoms with Crippen molar-refractivity contribution in [1.29, 1.82) is 0 Å². The van der Waals surface area contributed by atoms with E-state index in [1.807, 2.05) is 0 Å². The van der Waals surface area contributed by atoms with E-state index >= 15 is 0 Å². The Morgan fingerprint density at radius 3 is 2.38 bits per heavy atom. The average Bonchev–Trinajstić information content (AvgIpc) is 2.49. The van der Waals surface area contributed by atoms with Gasteiger partial charge in [0.25, 0.3) is 0 Å². The van der Waals surface area contributed by atoms with Crippen LogP contribution >= 0.6 is 10.2 Å². The molecule has 2 fully saturated rings. The predicted molar refractivity (Wildman–Crippen MR) is 39.1 cm³/mol. The maximum Gasteiger partial charge on any atom is -0.00240 e. The van der Waals surface area contributed by atoms with Gasteiger partial charge in [0.1, 0.15) is 0 Å². The van der Waals surface area contributed by atoms with Crippen molar-refractivity contribution in [3.8, 4) is 0 Å². The van der Waals surface area contributed by atoms with Gasteiger partial charge in [0.2, 0.25) is 0 Å². The third-order valence-electron chi connectivity index (χ3n) is 1.99. The molecule has 0 bridgehead atoms. The summed E-state index contributed by atoms with van der Waals surface area (Å²) in [6, 6.07) is 0. The monoisotopic (exact) mass is 131 g/mol. The van der Waals surface area contributed by atoms with E-state index in [2.05, 4.69) is 0 Å². The lowest BCUT2D eigenvalue weighted by atomic mass is 10.5. The van der Waals surface area contributed by atoms with Crippen LogP contribution < -0.4 is 5.14 Å². The summed E-state index contributed by atoms with van der Waals surface area (Å²) in [4.78, 5) is 0. The van der Waals surface area contributed by atoms with Crippen molar-refractivity contribution in [3.05, 3.63) is 0 Å². The Balaban J connectivity index is 1.81. The summed E-state index contributed by atoms with van der Waals surface area (Å²) < 4.78 is 0. The summed E-state index contributed by atoms with van der Waals surface area (Å²) in [6.45, 7) is 0. The zero-order valence-corrected chi connectivity index (χ0v) is 5.91. The van der Waals surface area contributed by atoms with E-state index in [1.165, 1.54) is 30.1 Å². The summed E-state index contributed by atoms with van der Waals surface area (Å²) in [5.41, 5.74) is 0. The second kappa shape index (κ2) is 1.42. The molecule has 1 heterocycles. The van der Waals surface area contributed by atoms with Crippen LogP contribution in [0.25, 0.3) is 0 Å². The van der Waals surface area contributed by atoms with Crippen LogP contribution in [-0.2, 0) is 0 Å². The van der Waals surface area contributed by atoms with E-state index in [4.69, 9.17) is 5.14 Å². The van der Waals surface area contributed by atoms with Crippen LogP contribution in [0.1, 0.15) is 12.8 Å². The Hall–Kier alpha value is 0.310. The van der Waals surface area contributed by atoms with Crippen LogP contribution in [0.5, 0.6) is 0 Å². The molecule has 0 aromatic heterocycles. The summed E-state index contributed by atoms with van der Waals surface area (Å²) in [6.07, 6.45) is 2.96. The van der Waals surface area contributed by atoms with Crippen LogP contribution in [0.2, 0.25) is 0 Å². The molecule has 0 amide bonds. The first-order valence-electron chi connectivity index (χ1n) is 3.33. The molecule has 48 valence electrons. The van der Waals surface area contributed by atoms with E-state index in [1.54, 1.807) is 0 Å². The highest BCUT2D eigenvalue weighted by molar-refractivity contribution is 8.37. The van der Waals surface area contributed by atoms with E-state index in [0.29, 0.717) is 0 Å². The lowest BCUT2D eigenvalue weighted by Crippen LogP contribution is -2.01. The van der Waals surface area contributed by atoms with E-state index in [0.717, 1.165) is 5.92 Å². The zero-order valence-electron chi connectivity index (χ0n) is 5.10. The van der Waals surface area contributed by atoms with Crippen molar-refractivity contribution in [3.63, 3.8) is 0 Å². The number of rotatable bonds is 2. The fourth-order valence-electron chi connectivity index (χ4n) is 1.03. The maximum absolute atomic E-state index is 5.97. The molecule has 0 unspecified atom stereocenters. The largest absolute Gasteiger partial charge is 0.294 e. The second-order valence-electron chi connectivity index (χ2n) is 3.13. The predicted octanol–water partition coefficient (Wildman–Crippen LogP) is 1.09. The Morgan fingerprint density at radius 1 is 1.38 bits per heavy atom. The molecule has 1 aliphatic carbocycles. The molecule has 2 heteroatoms. The van der Waals surface area contributed by atoms with Gasteiger partial charge in [0.05, 0.1) is 0 Å². The molecular formula is C6H13NS. The first-order chi connectivity index (χ1) is 3.79. The molecule has 2 aliphatic rings. The van der Waals surface area contributed by atoms with Gasteiger partial charge in [-0.3, -0.25) is 5.14 Å². The number of hydrogen-bond donors (Lipinski definition) is 1. The van der Waals surface area contributed by atoms with Crippen molar-refractivity contribution in [2.45, 2.75) is 12.8 Å². The van der Waals surface area contributed by atoms with Crippen molar-refractivity contribution in [2.24, 2.45) is 11.1 Å². The Labute approximate surface area is 52.1 Å². The molecule has 0 aromatic rings. The third kappa shape index (κ3) is 1.00. The van der Waals surface area contributed by atoms with Crippen LogP contribution in [-0.4, -0.2) is 17.3 Å². The molecule has 1 aliphatic heterocycles. The molecule has 1 saturated heterocycles. The van der Waals surface area contributed by atoms with Crippen LogP contribution in [0.4, 0.5) is 0 Å². The van der Waals surface area contributed by atoms with Gasteiger partial charge in [-0.25, -0.2) is 0 Å². The topological polar surface area (TPSA) is 26.0 Å². The van der Waals surface area contributed by atoms with E-state index < -0.39 is 10.2 Å². The number of nitrogens with two attached hydrogens (primary N) is 1. The Kier molecular flexibility index (Phi) is 0.910. The fourth-order valence-corrected chi connectivity index (χ4v) is 3.49. The molecule has 0 spiro atoms. The van der Waals surface area contributed by atoms with E-state index in [-0.39, 0.29) is 0 Å². The highest BCUT2D eigenvalue weighted by Crippen LogP contribution is 2.58. The SMILES string of the molecule is NS1(CC2CC2)CC1. The molecule has 0 aromatic carbocycles. The minimum Gasteiger partial charge on any atom is -0.294 e. The van der Waals surface area contributed by atoms with Crippen LogP contribution in [0.15, 0.2) is 0 Å². The highest BCUT2D eigenvalue weighted by atomic mass is 32.3. The quantitative estimate of drug-likeness (QED) is 0.558. The minimum atomic E-state index is -0.411. The Bertz CT molecular complexity index is 105. The van der Waals surface area contributed by atoms with Gasteiger partial charge in [-0.15, -0.1) is 0 Å². The van der Waals surface area contributed by atoms with E-state index in [9.17, 15) is 0 Å². The van der Waals surface area contributed by atoms with Crippen molar-refractivity contribution >= 4 is 10.2 Å². The van der Waals surface area contributed by atoms with Crippen LogP contribution in [0, 0.1) is 5.92 Å². The Morgan fingerprint density at radius 2 is 2.00 bits per heavy atom. The smallest absolute Gasteiger partial charge is 0.00240 e. The molecule has 1 nitrogen and oxygen atoms in total. The molecular weight excluding hydrogens is 118 g/mol. The molecule has 1 saturated carbocycles. The molecule has 2 rings (SSSR count). The highest BCUT2D eigenvalue weighted by Gasteiger charge is 2.37. The summed E-state index contributed by atoms with van der Waals surface area (Å²) >= 11 is 0. The van der Waals surface area contributed by atoms with Crippen LogP contribution in [0.3, 0.4) is 0 Å². The van der Waals surface area contributed by atoms with Gasteiger partial charge in [0, 0.05) is 0 Å². The first-order valence-corrected chi connectivity index (χ1v) is 5.53. The zero-order chi connectivity index (χ0) is 5.61. The lowest BCUT2D eigenvalue weighted by molar-refractivity contribution is 0.996. The molecule has 0 atom stereocenters. The third-order valence-corrected chi connectivity index (χ3v) is 4.59. The lowest BCUT2D eigenvalue weighted by Gasteiger charge is -2.10.